The number of amides is 1. The van der Waals surface area contributed by atoms with Crippen molar-refractivity contribution in [3.63, 3.8) is 0 Å². The summed E-state index contributed by atoms with van der Waals surface area (Å²) in [5.74, 6) is -0.110. The van der Waals surface area contributed by atoms with Crippen LogP contribution in [0.3, 0.4) is 0 Å². The Bertz CT molecular complexity index is 362. The van der Waals surface area contributed by atoms with Crippen LogP contribution in [0, 0.1) is 0 Å². The number of rotatable bonds is 5. The van der Waals surface area contributed by atoms with Gasteiger partial charge in [0.2, 0.25) is 5.91 Å². The third-order valence-corrected chi connectivity index (χ3v) is 2.55. The third kappa shape index (κ3) is 5.20. The lowest BCUT2D eigenvalue weighted by Gasteiger charge is -2.15. The highest BCUT2D eigenvalue weighted by Crippen LogP contribution is 2.15. The Balaban J connectivity index is 2.46. The Morgan fingerprint density at radius 1 is 1.29 bits per heavy atom. The molecule has 0 aliphatic rings. The number of carbonyl (C=O) groups is 1. The highest BCUT2D eigenvalue weighted by molar-refractivity contribution is 6.30. The molecular weight excluding hydrogens is 238 g/mol. The molecule has 1 rings (SSSR count). The Kier molecular flexibility index (Phi) is 5.45. The van der Waals surface area contributed by atoms with E-state index in [0.717, 1.165) is 5.56 Å². The van der Waals surface area contributed by atoms with Crippen LogP contribution in [-0.4, -0.2) is 18.6 Å². The first kappa shape index (κ1) is 14.0. The summed E-state index contributed by atoms with van der Waals surface area (Å²) in [7, 11) is 0. The first-order chi connectivity index (χ1) is 7.99. The summed E-state index contributed by atoms with van der Waals surface area (Å²) >= 11 is 5.80. The minimum atomic E-state index is -0.110. The van der Waals surface area contributed by atoms with Crippen molar-refractivity contribution in [1.29, 1.82) is 0 Å². The van der Waals surface area contributed by atoms with Gasteiger partial charge in [-0.3, -0.25) is 4.79 Å². The summed E-state index contributed by atoms with van der Waals surface area (Å²) in [6.07, 6.45) is 0.0617. The molecule has 1 amide bonds. The molecule has 1 N–H and O–H groups in total. The zero-order valence-electron chi connectivity index (χ0n) is 10.4. The largest absolute Gasteiger partial charge is 0.369 e. The van der Waals surface area contributed by atoms with Crippen molar-refractivity contribution in [2.45, 2.75) is 32.9 Å². The first-order valence-corrected chi connectivity index (χ1v) is 6.03. The van der Waals surface area contributed by atoms with Crippen LogP contribution in [0.2, 0.25) is 5.02 Å². The van der Waals surface area contributed by atoms with Crippen LogP contribution in [0.1, 0.15) is 32.4 Å². The molecular formula is C13H18ClNO2. The number of hydrogen-bond acceptors (Lipinski definition) is 2. The van der Waals surface area contributed by atoms with Gasteiger partial charge in [-0.2, -0.15) is 0 Å². The van der Waals surface area contributed by atoms with Gasteiger partial charge in [0, 0.05) is 5.02 Å². The number of ether oxygens (including phenoxy) is 1. The molecule has 0 heterocycles. The van der Waals surface area contributed by atoms with Crippen molar-refractivity contribution in [1.82, 2.24) is 5.32 Å². The highest BCUT2D eigenvalue weighted by Gasteiger charge is 2.09. The molecule has 0 saturated heterocycles. The van der Waals surface area contributed by atoms with E-state index in [1.807, 2.05) is 45.0 Å². The molecule has 4 heteroatoms. The van der Waals surface area contributed by atoms with Gasteiger partial charge in [0.05, 0.1) is 12.1 Å². The van der Waals surface area contributed by atoms with E-state index in [-0.39, 0.29) is 24.7 Å². The molecule has 94 valence electrons. The molecule has 0 spiro atoms. The summed E-state index contributed by atoms with van der Waals surface area (Å²) in [6.45, 7) is 5.82. The lowest BCUT2D eigenvalue weighted by Crippen LogP contribution is -2.31. The van der Waals surface area contributed by atoms with Crippen molar-refractivity contribution in [3.8, 4) is 0 Å². The summed E-state index contributed by atoms with van der Waals surface area (Å²) in [6, 6.07) is 7.37. The fraction of sp³-hybridized carbons (Fsp3) is 0.462. The topological polar surface area (TPSA) is 38.3 Å². The Hall–Kier alpha value is -1.06. The molecule has 0 aromatic heterocycles. The van der Waals surface area contributed by atoms with Gasteiger partial charge in [0.1, 0.15) is 6.61 Å². The minimum Gasteiger partial charge on any atom is -0.369 e. The van der Waals surface area contributed by atoms with E-state index in [1.165, 1.54) is 0 Å². The average Bonchev–Trinajstić information content (AvgIpc) is 2.27. The number of hydrogen-bond donors (Lipinski definition) is 1. The Morgan fingerprint density at radius 3 is 2.41 bits per heavy atom. The van der Waals surface area contributed by atoms with Gasteiger partial charge in [0.25, 0.3) is 0 Å². The van der Waals surface area contributed by atoms with Crippen LogP contribution in [0.5, 0.6) is 0 Å². The van der Waals surface area contributed by atoms with E-state index in [9.17, 15) is 4.79 Å². The van der Waals surface area contributed by atoms with Crippen molar-refractivity contribution < 1.29 is 9.53 Å². The van der Waals surface area contributed by atoms with Gasteiger partial charge in [-0.1, -0.05) is 23.7 Å². The third-order valence-electron chi connectivity index (χ3n) is 2.30. The van der Waals surface area contributed by atoms with E-state index in [4.69, 9.17) is 16.3 Å². The van der Waals surface area contributed by atoms with Crippen molar-refractivity contribution in [2.24, 2.45) is 0 Å². The van der Waals surface area contributed by atoms with Gasteiger partial charge < -0.3 is 10.1 Å². The average molecular weight is 256 g/mol. The quantitative estimate of drug-likeness (QED) is 0.879. The molecule has 0 radical (unpaired) electrons. The first-order valence-electron chi connectivity index (χ1n) is 5.65. The predicted octanol–water partition coefficient (Wildman–Crippen LogP) is 2.94. The van der Waals surface area contributed by atoms with Crippen LogP contribution < -0.4 is 5.32 Å². The number of halogens is 1. The standard InChI is InChI=1S/C13H18ClNO2/c1-9(2)17-8-13(16)15-10(3)11-4-6-12(14)7-5-11/h4-7,9-10H,8H2,1-3H3,(H,15,16)/t10-/m0/s1. The second kappa shape index (κ2) is 6.62. The van der Waals surface area contributed by atoms with Crippen LogP contribution in [0.25, 0.3) is 0 Å². The SMILES string of the molecule is CC(C)OCC(=O)N[C@@H](C)c1ccc(Cl)cc1. The van der Waals surface area contributed by atoms with Crippen LogP contribution >= 0.6 is 11.6 Å². The number of nitrogens with one attached hydrogen (secondary N) is 1. The van der Waals surface area contributed by atoms with E-state index >= 15 is 0 Å². The molecule has 1 aromatic carbocycles. The van der Waals surface area contributed by atoms with E-state index in [2.05, 4.69) is 5.32 Å². The summed E-state index contributed by atoms with van der Waals surface area (Å²) in [5, 5.41) is 3.55. The molecule has 0 aliphatic carbocycles. The zero-order chi connectivity index (χ0) is 12.8. The van der Waals surface area contributed by atoms with Crippen molar-refractivity contribution in [3.05, 3.63) is 34.9 Å². The van der Waals surface area contributed by atoms with Crippen LogP contribution in [0.4, 0.5) is 0 Å². The summed E-state index contributed by atoms with van der Waals surface area (Å²) in [4.78, 5) is 11.5. The Morgan fingerprint density at radius 2 is 1.88 bits per heavy atom. The second-order valence-corrected chi connectivity index (χ2v) is 4.64. The molecule has 0 unspecified atom stereocenters. The van der Waals surface area contributed by atoms with E-state index in [0.29, 0.717) is 5.02 Å². The van der Waals surface area contributed by atoms with Crippen molar-refractivity contribution in [2.75, 3.05) is 6.61 Å². The zero-order valence-corrected chi connectivity index (χ0v) is 11.1. The molecule has 0 fully saturated rings. The molecule has 0 aliphatic heterocycles. The van der Waals surface area contributed by atoms with Crippen molar-refractivity contribution >= 4 is 17.5 Å². The number of carbonyl (C=O) groups excluding carboxylic acids is 1. The van der Waals surface area contributed by atoms with Crippen LogP contribution in [-0.2, 0) is 9.53 Å². The van der Waals surface area contributed by atoms with Gasteiger partial charge in [-0.05, 0) is 38.5 Å². The lowest BCUT2D eigenvalue weighted by molar-refractivity contribution is -0.127. The van der Waals surface area contributed by atoms with Gasteiger partial charge in [-0.25, -0.2) is 0 Å². The lowest BCUT2D eigenvalue weighted by atomic mass is 10.1. The second-order valence-electron chi connectivity index (χ2n) is 4.20. The highest BCUT2D eigenvalue weighted by atomic mass is 35.5. The molecule has 3 nitrogen and oxygen atoms in total. The van der Waals surface area contributed by atoms with Gasteiger partial charge in [0.15, 0.2) is 0 Å². The summed E-state index contributed by atoms with van der Waals surface area (Å²) in [5.41, 5.74) is 1.02. The van der Waals surface area contributed by atoms with Crippen LogP contribution in [0.15, 0.2) is 24.3 Å². The molecule has 1 aromatic rings. The normalized spacial score (nSPS) is 12.5. The monoisotopic (exact) mass is 255 g/mol. The minimum absolute atomic E-state index is 0.0458. The number of benzene rings is 1. The maximum Gasteiger partial charge on any atom is 0.246 e. The molecule has 1 atom stereocenters. The smallest absolute Gasteiger partial charge is 0.246 e. The Labute approximate surface area is 107 Å². The molecule has 0 saturated carbocycles. The summed E-state index contributed by atoms with van der Waals surface area (Å²) < 4.78 is 5.23. The molecule has 0 bridgehead atoms. The van der Waals surface area contributed by atoms with E-state index < -0.39 is 0 Å². The van der Waals surface area contributed by atoms with Gasteiger partial charge in [-0.15, -0.1) is 0 Å². The maximum atomic E-state index is 11.5. The molecule has 17 heavy (non-hydrogen) atoms. The van der Waals surface area contributed by atoms with Gasteiger partial charge >= 0.3 is 0 Å². The fourth-order valence-corrected chi connectivity index (χ4v) is 1.49. The maximum absolute atomic E-state index is 11.5. The predicted molar refractivity (Wildman–Crippen MR) is 69.1 cm³/mol. The van der Waals surface area contributed by atoms with E-state index in [1.54, 1.807) is 0 Å². The fourth-order valence-electron chi connectivity index (χ4n) is 1.36.